The fourth-order valence-corrected chi connectivity index (χ4v) is 3.59. The number of nitrogens with zero attached hydrogens (tertiary/aromatic N) is 1. The Labute approximate surface area is 112 Å². The first kappa shape index (κ1) is 13.6. The van der Waals surface area contributed by atoms with E-state index >= 15 is 0 Å². The van der Waals surface area contributed by atoms with Crippen LogP contribution in [0.15, 0.2) is 30.9 Å². The van der Waals surface area contributed by atoms with Crippen LogP contribution in [0.1, 0.15) is 22.3 Å². The summed E-state index contributed by atoms with van der Waals surface area (Å²) in [7, 11) is -3.41. The Bertz CT molecular complexity index is 622. The average molecular weight is 281 g/mol. The molecule has 1 aromatic carbocycles. The molecule has 0 atom stereocenters. The molecule has 1 heterocycles. The number of aryl methyl sites for hydroxylation is 1. The van der Waals surface area contributed by atoms with E-state index in [1.807, 2.05) is 0 Å². The minimum atomic E-state index is -3.41. The fraction of sp³-hybridized carbons (Fsp3) is 0.308. The molecular weight excluding hydrogens is 266 g/mol. The number of anilines is 1. The Morgan fingerprint density at radius 1 is 1.47 bits per heavy atom. The van der Waals surface area contributed by atoms with Gasteiger partial charge < -0.3 is 5.11 Å². The van der Waals surface area contributed by atoms with Crippen LogP contribution in [-0.2, 0) is 16.4 Å². The molecule has 1 N–H and O–H groups in total. The van der Waals surface area contributed by atoms with Crippen LogP contribution in [-0.4, -0.2) is 31.8 Å². The van der Waals surface area contributed by atoms with Gasteiger partial charge in [-0.05, 0) is 36.6 Å². The molecule has 1 aliphatic rings. The number of carboxylic acids is 1. The summed E-state index contributed by atoms with van der Waals surface area (Å²) < 4.78 is 25.6. The van der Waals surface area contributed by atoms with Gasteiger partial charge in [-0.25, -0.2) is 13.2 Å². The Morgan fingerprint density at radius 2 is 2.21 bits per heavy atom. The van der Waals surface area contributed by atoms with Crippen molar-refractivity contribution in [1.29, 1.82) is 0 Å². The second kappa shape index (κ2) is 5.05. The van der Waals surface area contributed by atoms with Crippen LogP contribution < -0.4 is 4.31 Å². The summed E-state index contributed by atoms with van der Waals surface area (Å²) in [4.78, 5) is 10.9. The molecule has 5 nitrogen and oxygen atoms in total. The van der Waals surface area contributed by atoms with Crippen LogP contribution in [0.2, 0.25) is 0 Å². The highest BCUT2D eigenvalue weighted by Crippen LogP contribution is 2.30. The van der Waals surface area contributed by atoms with Gasteiger partial charge in [0.25, 0.3) is 0 Å². The monoisotopic (exact) mass is 281 g/mol. The smallest absolute Gasteiger partial charge is 0.335 e. The minimum Gasteiger partial charge on any atom is -0.478 e. The molecule has 0 aromatic heterocycles. The van der Waals surface area contributed by atoms with E-state index in [1.54, 1.807) is 12.1 Å². The highest BCUT2D eigenvalue weighted by atomic mass is 32.2. The molecule has 6 heteroatoms. The van der Waals surface area contributed by atoms with Gasteiger partial charge in [0.05, 0.1) is 17.0 Å². The number of benzene rings is 1. The number of rotatable bonds is 4. The average Bonchev–Trinajstić information content (AvgIpc) is 2.37. The van der Waals surface area contributed by atoms with E-state index in [4.69, 9.17) is 5.11 Å². The van der Waals surface area contributed by atoms with Gasteiger partial charge in [-0.15, -0.1) is 6.58 Å². The zero-order valence-corrected chi connectivity index (χ0v) is 11.2. The summed E-state index contributed by atoms with van der Waals surface area (Å²) in [5.41, 5.74) is 1.53. The Hall–Kier alpha value is -1.82. The van der Waals surface area contributed by atoms with Gasteiger partial charge in [0, 0.05) is 6.54 Å². The predicted molar refractivity (Wildman–Crippen MR) is 73.1 cm³/mol. The molecule has 1 aromatic rings. The lowest BCUT2D eigenvalue weighted by Gasteiger charge is -2.30. The molecule has 0 bridgehead atoms. The maximum Gasteiger partial charge on any atom is 0.335 e. The Balaban J connectivity index is 2.46. The second-order valence-electron chi connectivity index (χ2n) is 4.39. The van der Waals surface area contributed by atoms with Crippen molar-refractivity contribution < 1.29 is 18.3 Å². The van der Waals surface area contributed by atoms with E-state index in [9.17, 15) is 13.2 Å². The van der Waals surface area contributed by atoms with E-state index in [0.717, 1.165) is 5.56 Å². The molecule has 2 rings (SSSR count). The number of sulfonamides is 1. The van der Waals surface area contributed by atoms with Crippen molar-refractivity contribution in [2.75, 3.05) is 16.6 Å². The highest BCUT2D eigenvalue weighted by Gasteiger charge is 2.26. The summed E-state index contributed by atoms with van der Waals surface area (Å²) in [5, 5.41) is 8.95. The highest BCUT2D eigenvalue weighted by molar-refractivity contribution is 7.92. The van der Waals surface area contributed by atoms with Gasteiger partial charge in [0.1, 0.15) is 0 Å². The third-order valence-corrected chi connectivity index (χ3v) is 4.77. The van der Waals surface area contributed by atoms with Gasteiger partial charge in [-0.2, -0.15) is 0 Å². The first-order valence-electron chi connectivity index (χ1n) is 5.93. The van der Waals surface area contributed by atoms with Crippen LogP contribution in [0, 0.1) is 0 Å². The van der Waals surface area contributed by atoms with Gasteiger partial charge >= 0.3 is 5.97 Å². The van der Waals surface area contributed by atoms with Gasteiger partial charge in [-0.3, -0.25) is 4.31 Å². The number of hydrogen-bond acceptors (Lipinski definition) is 3. The number of fused-ring (bicyclic) bond motifs is 1. The molecule has 0 aliphatic carbocycles. The quantitative estimate of drug-likeness (QED) is 0.852. The molecule has 0 unspecified atom stereocenters. The molecule has 0 radical (unpaired) electrons. The Kier molecular flexibility index (Phi) is 3.61. The van der Waals surface area contributed by atoms with Crippen molar-refractivity contribution in [3.8, 4) is 0 Å². The van der Waals surface area contributed by atoms with Crippen LogP contribution in [0.5, 0.6) is 0 Å². The summed E-state index contributed by atoms with van der Waals surface area (Å²) in [6.07, 6.45) is 2.73. The van der Waals surface area contributed by atoms with Crippen molar-refractivity contribution in [2.45, 2.75) is 12.8 Å². The zero-order chi connectivity index (χ0) is 14.0. The number of carboxylic acid groups (broad SMARTS) is 1. The lowest BCUT2D eigenvalue weighted by Crippen LogP contribution is -2.36. The normalized spacial score (nSPS) is 14.8. The molecule has 0 saturated heterocycles. The largest absolute Gasteiger partial charge is 0.478 e. The van der Waals surface area contributed by atoms with Crippen LogP contribution in [0.3, 0.4) is 0 Å². The molecule has 1 aliphatic heterocycles. The molecule has 19 heavy (non-hydrogen) atoms. The van der Waals surface area contributed by atoms with E-state index < -0.39 is 16.0 Å². The first-order valence-corrected chi connectivity index (χ1v) is 7.54. The van der Waals surface area contributed by atoms with E-state index in [1.165, 1.54) is 16.4 Å². The van der Waals surface area contributed by atoms with Crippen molar-refractivity contribution in [3.63, 3.8) is 0 Å². The second-order valence-corrected chi connectivity index (χ2v) is 6.33. The number of carbonyl (C=O) groups is 1. The molecule has 0 amide bonds. The van der Waals surface area contributed by atoms with Crippen LogP contribution in [0.4, 0.5) is 5.69 Å². The maximum atomic E-state index is 12.1. The minimum absolute atomic E-state index is 0.118. The van der Waals surface area contributed by atoms with Crippen molar-refractivity contribution in [3.05, 3.63) is 42.0 Å². The molecular formula is C13H15NO4S. The van der Waals surface area contributed by atoms with Gasteiger partial charge in [-0.1, -0.05) is 6.08 Å². The summed E-state index contributed by atoms with van der Waals surface area (Å²) in [6, 6.07) is 4.55. The van der Waals surface area contributed by atoms with E-state index in [2.05, 4.69) is 6.58 Å². The van der Waals surface area contributed by atoms with Crippen molar-refractivity contribution in [2.24, 2.45) is 0 Å². The van der Waals surface area contributed by atoms with Crippen molar-refractivity contribution >= 4 is 21.7 Å². The topological polar surface area (TPSA) is 74.7 Å². The molecule has 0 saturated carbocycles. The summed E-state index contributed by atoms with van der Waals surface area (Å²) >= 11 is 0. The van der Waals surface area contributed by atoms with Crippen molar-refractivity contribution in [1.82, 2.24) is 0 Å². The lowest BCUT2D eigenvalue weighted by atomic mass is 10.0. The van der Waals surface area contributed by atoms with Gasteiger partial charge in [0.2, 0.25) is 10.0 Å². The third-order valence-electron chi connectivity index (χ3n) is 3.07. The maximum absolute atomic E-state index is 12.1. The summed E-state index contributed by atoms with van der Waals surface area (Å²) in [5.74, 6) is -1.12. The van der Waals surface area contributed by atoms with E-state index in [0.29, 0.717) is 25.1 Å². The number of hydrogen-bond donors (Lipinski definition) is 1. The zero-order valence-electron chi connectivity index (χ0n) is 10.4. The number of aromatic carboxylic acids is 1. The molecule has 0 spiro atoms. The third kappa shape index (κ3) is 2.63. The van der Waals surface area contributed by atoms with Crippen LogP contribution in [0.25, 0.3) is 0 Å². The lowest BCUT2D eigenvalue weighted by molar-refractivity contribution is 0.0697. The standard InChI is InChI=1S/C13H15NO4S/c1-2-8-19(17,18)14-7-3-4-10-9-11(13(15)16)5-6-12(10)14/h2,5-6,9H,1,3-4,7-8H2,(H,15,16). The molecule has 0 fully saturated rings. The first-order chi connectivity index (χ1) is 8.95. The van der Waals surface area contributed by atoms with Gasteiger partial charge in [0.15, 0.2) is 0 Å². The Morgan fingerprint density at radius 3 is 2.84 bits per heavy atom. The van der Waals surface area contributed by atoms with E-state index in [-0.39, 0.29) is 11.3 Å². The SMILES string of the molecule is C=CCS(=O)(=O)N1CCCc2cc(C(=O)O)ccc21. The fourth-order valence-electron chi connectivity index (χ4n) is 2.22. The molecule has 102 valence electrons. The summed E-state index contributed by atoms with van der Waals surface area (Å²) in [6.45, 7) is 3.88. The van der Waals surface area contributed by atoms with Crippen LogP contribution >= 0.6 is 0 Å². The predicted octanol–water partition coefficient (Wildman–Crippen LogP) is 1.65.